The van der Waals surface area contributed by atoms with Crippen LogP contribution in [0.4, 0.5) is 0 Å². The van der Waals surface area contributed by atoms with Crippen molar-refractivity contribution in [2.45, 2.75) is 64.0 Å². The summed E-state index contributed by atoms with van der Waals surface area (Å²) < 4.78 is 0. The number of hydrogen-bond donors (Lipinski definition) is 2. The highest BCUT2D eigenvalue weighted by Crippen LogP contribution is 2.20. The summed E-state index contributed by atoms with van der Waals surface area (Å²) >= 11 is 0. The second-order valence-electron chi connectivity index (χ2n) is 4.22. The highest BCUT2D eigenvalue weighted by atomic mass is 15.0. The maximum atomic E-state index is 5.70. The smallest absolute Gasteiger partial charge is 0.0192 e. The molecule has 3 N–H and O–H groups in total. The van der Waals surface area contributed by atoms with E-state index in [1.165, 1.54) is 44.9 Å². The van der Waals surface area contributed by atoms with Gasteiger partial charge in [-0.2, -0.15) is 0 Å². The van der Waals surface area contributed by atoms with Crippen molar-refractivity contribution in [3.05, 3.63) is 0 Å². The van der Waals surface area contributed by atoms with Gasteiger partial charge in [-0.25, -0.2) is 0 Å². The molecular formula is C11H24N2. The van der Waals surface area contributed by atoms with Gasteiger partial charge >= 0.3 is 0 Å². The van der Waals surface area contributed by atoms with Crippen molar-refractivity contribution in [3.63, 3.8) is 0 Å². The van der Waals surface area contributed by atoms with Crippen molar-refractivity contribution in [2.24, 2.45) is 5.73 Å². The Balaban J connectivity index is 1.94. The Kier molecular flexibility index (Phi) is 5.40. The molecule has 0 amide bonds. The molecule has 0 aromatic rings. The molecule has 2 heteroatoms. The SMILES string of the molecule is CCCCCCC(CN)NC1CC1. The third-order valence-electron chi connectivity index (χ3n) is 2.74. The number of nitrogens with two attached hydrogens (primary N) is 1. The lowest BCUT2D eigenvalue weighted by atomic mass is 10.1. The van der Waals surface area contributed by atoms with Crippen LogP contribution >= 0.6 is 0 Å². The lowest BCUT2D eigenvalue weighted by molar-refractivity contribution is 0.459. The summed E-state index contributed by atoms with van der Waals surface area (Å²) in [4.78, 5) is 0. The second kappa shape index (κ2) is 6.39. The first-order valence-corrected chi connectivity index (χ1v) is 5.83. The van der Waals surface area contributed by atoms with Crippen LogP contribution in [-0.4, -0.2) is 18.6 Å². The summed E-state index contributed by atoms with van der Waals surface area (Å²) in [7, 11) is 0. The minimum Gasteiger partial charge on any atom is -0.329 e. The van der Waals surface area contributed by atoms with Crippen molar-refractivity contribution in [1.82, 2.24) is 5.32 Å². The van der Waals surface area contributed by atoms with E-state index in [0.29, 0.717) is 6.04 Å². The Bertz CT molecular complexity index is 121. The molecule has 2 nitrogen and oxygen atoms in total. The van der Waals surface area contributed by atoms with Gasteiger partial charge in [0.05, 0.1) is 0 Å². The maximum Gasteiger partial charge on any atom is 0.0192 e. The van der Waals surface area contributed by atoms with Gasteiger partial charge in [-0.3, -0.25) is 0 Å². The van der Waals surface area contributed by atoms with E-state index < -0.39 is 0 Å². The van der Waals surface area contributed by atoms with Crippen LogP contribution in [0.1, 0.15) is 51.9 Å². The predicted octanol–water partition coefficient (Wildman–Crippen LogP) is 2.04. The van der Waals surface area contributed by atoms with E-state index in [1.807, 2.05) is 0 Å². The lowest BCUT2D eigenvalue weighted by Gasteiger charge is -2.15. The van der Waals surface area contributed by atoms with Gasteiger partial charge in [0.1, 0.15) is 0 Å². The molecule has 0 spiro atoms. The fourth-order valence-electron chi connectivity index (χ4n) is 1.67. The van der Waals surface area contributed by atoms with Crippen LogP contribution in [0.25, 0.3) is 0 Å². The highest BCUT2D eigenvalue weighted by molar-refractivity contribution is 4.85. The van der Waals surface area contributed by atoms with Crippen LogP contribution in [0.3, 0.4) is 0 Å². The Hall–Kier alpha value is -0.0800. The summed E-state index contributed by atoms with van der Waals surface area (Å²) in [5.74, 6) is 0. The molecule has 0 aromatic heterocycles. The quantitative estimate of drug-likeness (QED) is 0.566. The Labute approximate surface area is 82.3 Å². The molecule has 0 aromatic carbocycles. The average molecular weight is 184 g/mol. The monoisotopic (exact) mass is 184 g/mol. The number of rotatable bonds is 8. The van der Waals surface area contributed by atoms with Gasteiger partial charge in [-0.1, -0.05) is 32.6 Å². The Morgan fingerprint density at radius 2 is 2.08 bits per heavy atom. The molecule has 1 atom stereocenters. The van der Waals surface area contributed by atoms with Gasteiger partial charge < -0.3 is 11.1 Å². The standard InChI is InChI=1S/C11H24N2/c1-2-3-4-5-6-11(9-12)13-10-7-8-10/h10-11,13H,2-9,12H2,1H3. The van der Waals surface area contributed by atoms with Gasteiger partial charge in [-0.05, 0) is 19.3 Å². The molecule has 1 aliphatic carbocycles. The van der Waals surface area contributed by atoms with E-state index in [4.69, 9.17) is 5.73 Å². The van der Waals surface area contributed by atoms with E-state index in [1.54, 1.807) is 0 Å². The van der Waals surface area contributed by atoms with Crippen LogP contribution in [-0.2, 0) is 0 Å². The topological polar surface area (TPSA) is 38.0 Å². The second-order valence-corrected chi connectivity index (χ2v) is 4.22. The van der Waals surface area contributed by atoms with E-state index in [0.717, 1.165) is 12.6 Å². The first-order valence-electron chi connectivity index (χ1n) is 5.83. The van der Waals surface area contributed by atoms with Crippen LogP contribution in [0.2, 0.25) is 0 Å². The third kappa shape index (κ3) is 5.27. The largest absolute Gasteiger partial charge is 0.329 e. The zero-order chi connectivity index (χ0) is 9.52. The maximum absolute atomic E-state index is 5.70. The van der Waals surface area contributed by atoms with Gasteiger partial charge in [-0.15, -0.1) is 0 Å². The van der Waals surface area contributed by atoms with Crippen LogP contribution < -0.4 is 11.1 Å². The van der Waals surface area contributed by atoms with Gasteiger partial charge in [0.2, 0.25) is 0 Å². The van der Waals surface area contributed by atoms with Crippen LogP contribution in [0.15, 0.2) is 0 Å². The fraction of sp³-hybridized carbons (Fsp3) is 1.00. The molecule has 0 heterocycles. The normalized spacial score (nSPS) is 18.9. The molecule has 1 rings (SSSR count). The minimum atomic E-state index is 0.587. The first kappa shape index (κ1) is 11.0. The molecule has 1 aliphatic rings. The molecule has 1 unspecified atom stereocenters. The van der Waals surface area contributed by atoms with Crippen LogP contribution in [0.5, 0.6) is 0 Å². The highest BCUT2D eigenvalue weighted by Gasteiger charge is 2.23. The zero-order valence-corrected chi connectivity index (χ0v) is 8.89. The first-order chi connectivity index (χ1) is 6.36. The predicted molar refractivity (Wildman–Crippen MR) is 57.8 cm³/mol. The van der Waals surface area contributed by atoms with E-state index >= 15 is 0 Å². The minimum absolute atomic E-state index is 0.587. The molecular weight excluding hydrogens is 160 g/mol. The summed E-state index contributed by atoms with van der Waals surface area (Å²) in [6, 6.07) is 1.39. The van der Waals surface area contributed by atoms with E-state index in [2.05, 4.69) is 12.2 Å². The Morgan fingerprint density at radius 3 is 2.62 bits per heavy atom. The van der Waals surface area contributed by atoms with Crippen molar-refractivity contribution in [3.8, 4) is 0 Å². The number of hydrogen-bond acceptors (Lipinski definition) is 2. The molecule has 1 saturated carbocycles. The number of unbranched alkanes of at least 4 members (excludes halogenated alkanes) is 3. The molecule has 13 heavy (non-hydrogen) atoms. The summed E-state index contributed by atoms with van der Waals surface area (Å²) in [5.41, 5.74) is 5.70. The summed E-state index contributed by atoms with van der Waals surface area (Å²) in [6.07, 6.45) is 9.42. The van der Waals surface area contributed by atoms with Gasteiger partial charge in [0.15, 0.2) is 0 Å². The molecule has 0 radical (unpaired) electrons. The molecule has 0 bridgehead atoms. The van der Waals surface area contributed by atoms with Gasteiger partial charge in [0, 0.05) is 18.6 Å². The Morgan fingerprint density at radius 1 is 1.31 bits per heavy atom. The third-order valence-corrected chi connectivity index (χ3v) is 2.74. The van der Waals surface area contributed by atoms with Crippen molar-refractivity contribution >= 4 is 0 Å². The molecule has 78 valence electrons. The van der Waals surface area contributed by atoms with Crippen molar-refractivity contribution in [2.75, 3.05) is 6.54 Å². The number of nitrogens with one attached hydrogen (secondary N) is 1. The zero-order valence-electron chi connectivity index (χ0n) is 8.89. The van der Waals surface area contributed by atoms with Crippen molar-refractivity contribution < 1.29 is 0 Å². The lowest BCUT2D eigenvalue weighted by Crippen LogP contribution is -2.37. The molecule has 1 fully saturated rings. The van der Waals surface area contributed by atoms with Crippen molar-refractivity contribution in [1.29, 1.82) is 0 Å². The summed E-state index contributed by atoms with van der Waals surface area (Å²) in [6.45, 7) is 3.06. The molecule has 0 aliphatic heterocycles. The average Bonchev–Trinajstić information content (AvgIpc) is 2.94. The van der Waals surface area contributed by atoms with E-state index in [9.17, 15) is 0 Å². The molecule has 0 saturated heterocycles. The van der Waals surface area contributed by atoms with E-state index in [-0.39, 0.29) is 0 Å². The van der Waals surface area contributed by atoms with Gasteiger partial charge in [0.25, 0.3) is 0 Å². The fourth-order valence-corrected chi connectivity index (χ4v) is 1.67. The van der Waals surface area contributed by atoms with Crippen LogP contribution in [0, 0.1) is 0 Å². The summed E-state index contributed by atoms with van der Waals surface area (Å²) in [5, 5.41) is 3.59.